The fourth-order valence-corrected chi connectivity index (χ4v) is 2.19. The Morgan fingerprint density at radius 1 is 1.37 bits per heavy atom. The third-order valence-electron chi connectivity index (χ3n) is 2.46. The lowest BCUT2D eigenvalue weighted by molar-refractivity contribution is 0.373. The minimum absolute atomic E-state index is 0.138. The normalized spacial score (nSPS) is 11.8. The minimum atomic E-state index is -0.338. The molecule has 0 aliphatic rings. The summed E-state index contributed by atoms with van der Waals surface area (Å²) in [5, 5.41) is 3.95. The largest absolute Gasteiger partial charge is 0.398 e. The maximum atomic E-state index is 12.9. The van der Waals surface area contributed by atoms with Crippen molar-refractivity contribution in [1.29, 1.82) is 0 Å². The van der Waals surface area contributed by atoms with Crippen LogP contribution in [0, 0.1) is 5.82 Å². The van der Waals surface area contributed by atoms with E-state index in [0.717, 1.165) is 4.90 Å². The van der Waals surface area contributed by atoms with Crippen molar-refractivity contribution < 1.29 is 8.91 Å². The van der Waals surface area contributed by atoms with Gasteiger partial charge >= 0.3 is 0 Å². The number of benzene rings is 1. The van der Waals surface area contributed by atoms with Crippen molar-refractivity contribution in [2.45, 2.75) is 36.8 Å². The lowest BCUT2D eigenvalue weighted by Gasteiger charge is -2.10. The van der Waals surface area contributed by atoms with Crippen molar-refractivity contribution in [3.05, 3.63) is 35.7 Å². The highest BCUT2D eigenvalue weighted by atomic mass is 32.2. The first-order chi connectivity index (χ1) is 8.86. The number of hydrogen-bond donors (Lipinski definition) is 1. The quantitative estimate of drug-likeness (QED) is 0.690. The number of anilines is 1. The zero-order valence-corrected chi connectivity index (χ0v) is 11.9. The molecule has 2 N–H and O–H groups in total. The van der Waals surface area contributed by atoms with E-state index in [2.05, 4.69) is 10.1 Å². The first kappa shape index (κ1) is 13.9. The molecular formula is C13H16FN3OS. The average molecular weight is 281 g/mol. The van der Waals surface area contributed by atoms with Gasteiger partial charge in [-0.1, -0.05) is 25.9 Å². The summed E-state index contributed by atoms with van der Waals surface area (Å²) in [5.74, 6) is 1.39. The number of nitrogen functional groups attached to an aromatic ring is 1. The number of nitrogens with two attached hydrogens (primary N) is 1. The Balaban J connectivity index is 2.04. The van der Waals surface area contributed by atoms with Gasteiger partial charge in [0.25, 0.3) is 0 Å². The molecule has 0 spiro atoms. The van der Waals surface area contributed by atoms with E-state index in [-0.39, 0.29) is 11.2 Å². The number of thioether (sulfide) groups is 1. The fourth-order valence-electron chi connectivity index (χ4n) is 1.41. The van der Waals surface area contributed by atoms with Gasteiger partial charge in [0.05, 0.1) is 5.75 Å². The zero-order valence-electron chi connectivity index (χ0n) is 11.1. The molecule has 2 aromatic rings. The van der Waals surface area contributed by atoms with Crippen molar-refractivity contribution in [3.8, 4) is 0 Å². The molecular weight excluding hydrogens is 265 g/mol. The molecule has 2 rings (SSSR count). The summed E-state index contributed by atoms with van der Waals surface area (Å²) in [6.07, 6.45) is 0. The van der Waals surface area contributed by atoms with Gasteiger partial charge in [0.1, 0.15) is 5.82 Å². The van der Waals surface area contributed by atoms with E-state index in [0.29, 0.717) is 23.2 Å². The Kier molecular flexibility index (Phi) is 3.80. The van der Waals surface area contributed by atoms with Crippen molar-refractivity contribution in [3.63, 3.8) is 0 Å². The Labute approximate surface area is 115 Å². The number of rotatable bonds is 3. The van der Waals surface area contributed by atoms with Gasteiger partial charge in [0.15, 0.2) is 5.82 Å². The molecule has 0 bridgehead atoms. The van der Waals surface area contributed by atoms with Crippen LogP contribution in [-0.2, 0) is 11.2 Å². The summed E-state index contributed by atoms with van der Waals surface area (Å²) in [6.45, 7) is 6.06. The fraction of sp³-hybridized carbons (Fsp3) is 0.385. The molecule has 0 amide bonds. The SMILES string of the molecule is CC(C)(C)c1noc(CSc2ccc(F)cc2N)n1. The van der Waals surface area contributed by atoms with Crippen LogP contribution >= 0.6 is 11.8 Å². The highest BCUT2D eigenvalue weighted by Crippen LogP contribution is 2.28. The average Bonchev–Trinajstić information content (AvgIpc) is 2.76. The first-order valence-electron chi connectivity index (χ1n) is 5.87. The van der Waals surface area contributed by atoms with E-state index < -0.39 is 0 Å². The van der Waals surface area contributed by atoms with Gasteiger partial charge in [-0.25, -0.2) is 4.39 Å². The molecule has 0 atom stereocenters. The lowest BCUT2D eigenvalue weighted by atomic mass is 9.96. The van der Waals surface area contributed by atoms with Gasteiger partial charge in [0.2, 0.25) is 5.89 Å². The molecule has 102 valence electrons. The van der Waals surface area contributed by atoms with E-state index in [1.807, 2.05) is 20.8 Å². The second-order valence-electron chi connectivity index (χ2n) is 5.23. The topological polar surface area (TPSA) is 64.9 Å². The Morgan fingerprint density at radius 3 is 2.68 bits per heavy atom. The van der Waals surface area contributed by atoms with Crippen LogP contribution in [0.25, 0.3) is 0 Å². The van der Waals surface area contributed by atoms with Gasteiger partial charge in [-0.2, -0.15) is 4.98 Å². The van der Waals surface area contributed by atoms with Crippen LogP contribution in [0.2, 0.25) is 0 Å². The second kappa shape index (κ2) is 5.21. The van der Waals surface area contributed by atoms with Gasteiger partial charge in [-0.15, -0.1) is 11.8 Å². The monoisotopic (exact) mass is 281 g/mol. The zero-order chi connectivity index (χ0) is 14.0. The Bertz CT molecular complexity index is 578. The summed E-state index contributed by atoms with van der Waals surface area (Å²) in [6, 6.07) is 4.33. The molecule has 0 saturated heterocycles. The summed E-state index contributed by atoms with van der Waals surface area (Å²) in [7, 11) is 0. The molecule has 6 heteroatoms. The number of aromatic nitrogens is 2. The molecule has 0 fully saturated rings. The maximum absolute atomic E-state index is 12.9. The van der Waals surface area contributed by atoms with Crippen LogP contribution in [0.1, 0.15) is 32.5 Å². The molecule has 1 aromatic heterocycles. The van der Waals surface area contributed by atoms with E-state index >= 15 is 0 Å². The maximum Gasteiger partial charge on any atom is 0.237 e. The molecule has 1 heterocycles. The van der Waals surface area contributed by atoms with Crippen LogP contribution in [0.15, 0.2) is 27.6 Å². The molecule has 0 unspecified atom stereocenters. The summed E-state index contributed by atoms with van der Waals surface area (Å²) in [5.41, 5.74) is 6.01. The van der Waals surface area contributed by atoms with Crippen LogP contribution in [0.3, 0.4) is 0 Å². The number of halogens is 1. The molecule has 0 saturated carbocycles. The molecule has 19 heavy (non-hydrogen) atoms. The number of nitrogens with zero attached hydrogens (tertiary/aromatic N) is 2. The van der Waals surface area contributed by atoms with E-state index in [1.165, 1.54) is 23.9 Å². The minimum Gasteiger partial charge on any atom is -0.398 e. The lowest BCUT2D eigenvalue weighted by Crippen LogP contribution is -2.13. The smallest absolute Gasteiger partial charge is 0.237 e. The third-order valence-corrected chi connectivity index (χ3v) is 3.54. The van der Waals surface area contributed by atoms with Crippen molar-refractivity contribution in [2.24, 2.45) is 0 Å². The van der Waals surface area contributed by atoms with E-state index in [1.54, 1.807) is 6.07 Å². The van der Waals surface area contributed by atoms with Gasteiger partial charge < -0.3 is 10.3 Å². The Hall–Kier alpha value is -1.56. The van der Waals surface area contributed by atoms with E-state index in [4.69, 9.17) is 10.3 Å². The molecule has 0 radical (unpaired) electrons. The third kappa shape index (κ3) is 3.47. The van der Waals surface area contributed by atoms with Crippen molar-refractivity contribution in [2.75, 3.05) is 5.73 Å². The van der Waals surface area contributed by atoms with Crippen LogP contribution in [0.4, 0.5) is 10.1 Å². The van der Waals surface area contributed by atoms with Crippen LogP contribution in [0.5, 0.6) is 0 Å². The van der Waals surface area contributed by atoms with Gasteiger partial charge in [-0.05, 0) is 18.2 Å². The summed E-state index contributed by atoms with van der Waals surface area (Å²) >= 11 is 1.44. The molecule has 1 aromatic carbocycles. The van der Waals surface area contributed by atoms with Crippen molar-refractivity contribution >= 4 is 17.4 Å². The highest BCUT2D eigenvalue weighted by Gasteiger charge is 2.20. The number of hydrogen-bond acceptors (Lipinski definition) is 5. The van der Waals surface area contributed by atoms with E-state index in [9.17, 15) is 4.39 Å². The molecule has 4 nitrogen and oxygen atoms in total. The van der Waals surface area contributed by atoms with Crippen LogP contribution < -0.4 is 5.73 Å². The second-order valence-corrected chi connectivity index (χ2v) is 6.25. The predicted molar refractivity (Wildman–Crippen MR) is 73.4 cm³/mol. The standard InChI is InChI=1S/C13H16FN3OS/c1-13(2,3)12-16-11(18-17-12)7-19-10-5-4-8(14)6-9(10)15/h4-6H,7,15H2,1-3H3. The highest BCUT2D eigenvalue weighted by molar-refractivity contribution is 7.98. The first-order valence-corrected chi connectivity index (χ1v) is 6.86. The van der Waals surface area contributed by atoms with Gasteiger partial charge in [-0.3, -0.25) is 0 Å². The Morgan fingerprint density at radius 2 is 2.11 bits per heavy atom. The summed E-state index contributed by atoms with van der Waals surface area (Å²) < 4.78 is 18.1. The van der Waals surface area contributed by atoms with Gasteiger partial charge in [0, 0.05) is 16.0 Å². The molecule has 0 aliphatic carbocycles. The summed E-state index contributed by atoms with van der Waals surface area (Å²) in [4.78, 5) is 5.13. The molecule has 0 aliphatic heterocycles. The van der Waals surface area contributed by atoms with Crippen LogP contribution in [-0.4, -0.2) is 10.1 Å². The predicted octanol–water partition coefficient (Wildman–Crippen LogP) is 3.38. The van der Waals surface area contributed by atoms with Crippen molar-refractivity contribution in [1.82, 2.24) is 10.1 Å².